The highest BCUT2D eigenvalue weighted by Gasteiger charge is 2.02. The molecular weight excluding hydrogens is 252 g/mol. The van der Waals surface area contributed by atoms with E-state index in [1.807, 2.05) is 18.6 Å². The molecular formula is C12H12BrN2. The minimum absolute atomic E-state index is 0.844. The highest BCUT2D eigenvalue weighted by molar-refractivity contribution is 9.10. The van der Waals surface area contributed by atoms with E-state index >= 15 is 0 Å². The van der Waals surface area contributed by atoms with E-state index in [0.29, 0.717) is 0 Å². The summed E-state index contributed by atoms with van der Waals surface area (Å²) in [7, 11) is 0. The van der Waals surface area contributed by atoms with E-state index in [1.54, 1.807) is 6.20 Å². The van der Waals surface area contributed by atoms with Gasteiger partial charge in [0, 0.05) is 23.4 Å². The number of rotatable bonds is 3. The first-order chi connectivity index (χ1) is 7.29. The van der Waals surface area contributed by atoms with Gasteiger partial charge in [-0.05, 0) is 35.7 Å². The van der Waals surface area contributed by atoms with Gasteiger partial charge in [-0.3, -0.25) is 0 Å². The van der Waals surface area contributed by atoms with Crippen molar-refractivity contribution < 1.29 is 0 Å². The first-order valence-corrected chi connectivity index (χ1v) is 5.73. The maximum atomic E-state index is 4.03. The molecule has 0 unspecified atom stereocenters. The van der Waals surface area contributed by atoms with Crippen molar-refractivity contribution in [2.75, 3.05) is 0 Å². The van der Waals surface area contributed by atoms with E-state index in [1.165, 1.54) is 11.1 Å². The van der Waals surface area contributed by atoms with Gasteiger partial charge in [-0.15, -0.1) is 0 Å². The van der Waals surface area contributed by atoms with Crippen molar-refractivity contribution >= 4 is 15.9 Å². The second kappa shape index (κ2) is 4.62. The van der Waals surface area contributed by atoms with Crippen molar-refractivity contribution in [2.24, 2.45) is 0 Å². The van der Waals surface area contributed by atoms with Crippen LogP contribution in [0.2, 0.25) is 0 Å². The molecule has 0 fully saturated rings. The van der Waals surface area contributed by atoms with Crippen LogP contribution in [-0.4, -0.2) is 9.55 Å². The Labute approximate surface area is 98.1 Å². The molecule has 1 aromatic carbocycles. The van der Waals surface area contributed by atoms with Crippen LogP contribution in [0.15, 0.2) is 35.3 Å². The molecule has 0 amide bonds. The molecule has 3 heteroatoms. The lowest BCUT2D eigenvalue weighted by Crippen LogP contribution is -2.00. The zero-order valence-corrected chi connectivity index (χ0v) is 10.2. The Kier molecular flexibility index (Phi) is 3.21. The molecule has 77 valence electrons. The second-order valence-electron chi connectivity index (χ2n) is 3.41. The number of nitrogens with zero attached hydrogens (tertiary/aromatic N) is 2. The van der Waals surface area contributed by atoms with Gasteiger partial charge in [0.2, 0.25) is 0 Å². The summed E-state index contributed by atoms with van der Waals surface area (Å²) in [5.41, 5.74) is 2.57. The number of aromatic nitrogens is 2. The van der Waals surface area contributed by atoms with Crippen LogP contribution in [0.25, 0.3) is 0 Å². The first-order valence-electron chi connectivity index (χ1n) is 4.94. The lowest BCUT2D eigenvalue weighted by molar-refractivity contribution is 0.785. The van der Waals surface area contributed by atoms with Gasteiger partial charge in [-0.1, -0.05) is 22.9 Å². The first kappa shape index (κ1) is 10.4. The molecule has 1 aromatic heterocycles. The molecule has 0 saturated carbocycles. The Morgan fingerprint density at radius 1 is 1.53 bits per heavy atom. The summed E-state index contributed by atoms with van der Waals surface area (Å²) in [6.07, 6.45) is 6.62. The highest BCUT2D eigenvalue weighted by atomic mass is 79.9. The average Bonchev–Trinajstić information content (AvgIpc) is 2.73. The van der Waals surface area contributed by atoms with Gasteiger partial charge < -0.3 is 4.57 Å². The van der Waals surface area contributed by atoms with Crippen LogP contribution in [0.4, 0.5) is 0 Å². The predicted molar refractivity (Wildman–Crippen MR) is 63.7 cm³/mol. The highest BCUT2D eigenvalue weighted by Crippen LogP contribution is 2.17. The molecule has 0 aliphatic heterocycles. The predicted octanol–water partition coefficient (Wildman–Crippen LogP) is 3.06. The molecule has 0 aliphatic carbocycles. The van der Waals surface area contributed by atoms with Gasteiger partial charge in [0.25, 0.3) is 0 Å². The molecule has 0 N–H and O–H groups in total. The largest absolute Gasteiger partial charge is 0.333 e. The zero-order chi connectivity index (χ0) is 10.7. The van der Waals surface area contributed by atoms with Crippen molar-refractivity contribution in [3.8, 4) is 0 Å². The number of hydrogen-bond acceptors (Lipinski definition) is 1. The van der Waals surface area contributed by atoms with E-state index in [-0.39, 0.29) is 0 Å². The fraction of sp³-hybridized carbons (Fsp3) is 0.250. The van der Waals surface area contributed by atoms with Gasteiger partial charge in [0.15, 0.2) is 0 Å². The topological polar surface area (TPSA) is 17.8 Å². The maximum Gasteiger partial charge on any atom is 0.0949 e. The van der Waals surface area contributed by atoms with Crippen LogP contribution < -0.4 is 0 Å². The summed E-state index contributed by atoms with van der Waals surface area (Å²) < 4.78 is 3.15. The van der Waals surface area contributed by atoms with E-state index in [4.69, 9.17) is 0 Å². The minimum Gasteiger partial charge on any atom is -0.333 e. The second-order valence-corrected chi connectivity index (χ2v) is 4.33. The molecule has 2 nitrogen and oxygen atoms in total. The fourth-order valence-electron chi connectivity index (χ4n) is 1.57. The summed E-state index contributed by atoms with van der Waals surface area (Å²) in [5.74, 6) is 0. The zero-order valence-electron chi connectivity index (χ0n) is 8.57. The molecule has 2 aromatic rings. The fourth-order valence-corrected chi connectivity index (χ4v) is 1.96. The molecule has 0 bridgehead atoms. The normalized spacial score (nSPS) is 10.5. The molecule has 1 heterocycles. The molecule has 0 spiro atoms. The summed E-state index contributed by atoms with van der Waals surface area (Å²) >= 11 is 3.46. The molecule has 0 aliphatic rings. The summed E-state index contributed by atoms with van der Waals surface area (Å²) in [5, 5.41) is 0. The summed E-state index contributed by atoms with van der Waals surface area (Å²) in [4.78, 5) is 4.03. The van der Waals surface area contributed by atoms with Gasteiger partial charge in [-0.25, -0.2) is 4.98 Å². The van der Waals surface area contributed by atoms with Crippen LogP contribution in [0, 0.1) is 6.07 Å². The molecule has 0 saturated heterocycles. The third-order valence-corrected chi connectivity index (χ3v) is 2.82. The van der Waals surface area contributed by atoms with E-state index in [0.717, 1.165) is 17.4 Å². The van der Waals surface area contributed by atoms with Crippen LogP contribution in [0.1, 0.15) is 18.1 Å². The Hall–Kier alpha value is -1.09. The lowest BCUT2D eigenvalue weighted by atomic mass is 10.1. The Bertz CT molecular complexity index is 435. The van der Waals surface area contributed by atoms with Crippen LogP contribution >= 0.6 is 15.9 Å². The maximum absolute atomic E-state index is 4.03. The third-order valence-electron chi connectivity index (χ3n) is 2.36. The molecule has 1 radical (unpaired) electrons. The van der Waals surface area contributed by atoms with Crippen molar-refractivity contribution in [1.29, 1.82) is 0 Å². The van der Waals surface area contributed by atoms with Gasteiger partial charge in [0.05, 0.1) is 6.33 Å². The quantitative estimate of drug-likeness (QED) is 0.833. The van der Waals surface area contributed by atoms with Gasteiger partial charge in [0.1, 0.15) is 0 Å². The van der Waals surface area contributed by atoms with Crippen molar-refractivity contribution in [3.05, 3.63) is 52.5 Å². The number of hydrogen-bond donors (Lipinski definition) is 0. The molecule has 2 rings (SSSR count). The standard InChI is InChI=1S/C12H12BrN2/c1-2-10-7-12(13)4-3-11(10)8-15-6-5-14-9-15/h4-7,9H,2,8H2,1H3. The van der Waals surface area contributed by atoms with E-state index < -0.39 is 0 Å². The van der Waals surface area contributed by atoms with Crippen LogP contribution in [-0.2, 0) is 13.0 Å². The third kappa shape index (κ3) is 2.48. The van der Waals surface area contributed by atoms with Gasteiger partial charge >= 0.3 is 0 Å². The van der Waals surface area contributed by atoms with E-state index in [9.17, 15) is 0 Å². The minimum atomic E-state index is 0.844. The molecule has 0 atom stereocenters. The number of aryl methyl sites for hydroxylation is 1. The summed E-state index contributed by atoms with van der Waals surface area (Å²) in [6, 6.07) is 7.42. The van der Waals surface area contributed by atoms with Crippen molar-refractivity contribution in [1.82, 2.24) is 9.55 Å². The van der Waals surface area contributed by atoms with Crippen LogP contribution in [0.3, 0.4) is 0 Å². The monoisotopic (exact) mass is 263 g/mol. The summed E-state index contributed by atoms with van der Waals surface area (Å²) in [6.45, 7) is 3.00. The lowest BCUT2D eigenvalue weighted by Gasteiger charge is -2.08. The number of benzene rings is 1. The Morgan fingerprint density at radius 2 is 2.40 bits per heavy atom. The van der Waals surface area contributed by atoms with E-state index in [2.05, 4.69) is 44.5 Å². The Balaban J connectivity index is 2.28. The Morgan fingerprint density at radius 3 is 3.07 bits per heavy atom. The molecule has 15 heavy (non-hydrogen) atoms. The SMILES string of the molecule is CCc1cc(Br)c[c]c1Cn1ccnc1. The van der Waals surface area contributed by atoms with Crippen molar-refractivity contribution in [2.45, 2.75) is 19.9 Å². The van der Waals surface area contributed by atoms with Crippen LogP contribution in [0.5, 0.6) is 0 Å². The smallest absolute Gasteiger partial charge is 0.0949 e. The number of imidazole rings is 1. The van der Waals surface area contributed by atoms with Crippen molar-refractivity contribution in [3.63, 3.8) is 0 Å². The average molecular weight is 264 g/mol. The number of halogens is 1. The van der Waals surface area contributed by atoms with Gasteiger partial charge in [-0.2, -0.15) is 0 Å².